The highest BCUT2D eigenvalue weighted by molar-refractivity contribution is 6.11. The van der Waals surface area contributed by atoms with Crippen molar-refractivity contribution in [1.82, 2.24) is 9.80 Å². The van der Waals surface area contributed by atoms with Crippen molar-refractivity contribution < 1.29 is 14.4 Å². The van der Waals surface area contributed by atoms with Gasteiger partial charge < -0.3 is 15.5 Å². The van der Waals surface area contributed by atoms with Crippen LogP contribution in [0.5, 0.6) is 0 Å². The first-order chi connectivity index (χ1) is 12.9. The molecular weight excluding hydrogens is 380 g/mol. The van der Waals surface area contributed by atoms with Crippen LogP contribution in [0.1, 0.15) is 43.5 Å². The summed E-state index contributed by atoms with van der Waals surface area (Å²) in [6, 6.07) is 7.27. The maximum Gasteiger partial charge on any atom is 0.258 e. The van der Waals surface area contributed by atoms with Crippen LogP contribution < -0.4 is 10.6 Å². The highest BCUT2D eigenvalue weighted by Crippen LogP contribution is 2.44. The molecule has 2 N–H and O–H groups in total. The van der Waals surface area contributed by atoms with Crippen molar-refractivity contribution in [3.8, 4) is 0 Å². The number of hydrogen-bond donors (Lipinski definition) is 1. The van der Waals surface area contributed by atoms with Crippen LogP contribution in [0.25, 0.3) is 0 Å². The lowest BCUT2D eigenvalue weighted by molar-refractivity contribution is -0.134. The SMILES string of the molecule is CC1CC(CN)CN1C(=O)CN1C(=O)c2ccccc2N2C(=O)CCC12C.Cl. The van der Waals surface area contributed by atoms with E-state index in [2.05, 4.69) is 0 Å². The van der Waals surface area contributed by atoms with Gasteiger partial charge >= 0.3 is 0 Å². The lowest BCUT2D eigenvalue weighted by Crippen LogP contribution is -2.64. The van der Waals surface area contributed by atoms with E-state index in [-0.39, 0.29) is 42.7 Å². The van der Waals surface area contributed by atoms with Gasteiger partial charge in [0.15, 0.2) is 0 Å². The number of hydrogen-bond acceptors (Lipinski definition) is 4. The first kappa shape index (κ1) is 20.6. The van der Waals surface area contributed by atoms with Gasteiger partial charge in [-0.1, -0.05) is 12.1 Å². The summed E-state index contributed by atoms with van der Waals surface area (Å²) in [5, 5.41) is 0. The van der Waals surface area contributed by atoms with Gasteiger partial charge in [-0.25, -0.2) is 0 Å². The van der Waals surface area contributed by atoms with E-state index in [0.29, 0.717) is 43.1 Å². The molecule has 2 saturated heterocycles. The lowest BCUT2D eigenvalue weighted by Gasteiger charge is -2.48. The Bertz CT molecular complexity index is 816. The number of benzene rings is 1. The number of likely N-dealkylation sites (tertiary alicyclic amines) is 1. The molecule has 2 fully saturated rings. The fraction of sp³-hybridized carbons (Fsp3) is 0.550. The third kappa shape index (κ3) is 2.97. The predicted molar refractivity (Wildman–Crippen MR) is 108 cm³/mol. The minimum Gasteiger partial charge on any atom is -0.338 e. The Morgan fingerprint density at radius 2 is 2.00 bits per heavy atom. The fourth-order valence-corrected chi connectivity index (χ4v) is 4.83. The molecule has 28 heavy (non-hydrogen) atoms. The van der Waals surface area contributed by atoms with Gasteiger partial charge in [0.2, 0.25) is 11.8 Å². The first-order valence-corrected chi connectivity index (χ1v) is 9.60. The van der Waals surface area contributed by atoms with Crippen LogP contribution in [0.3, 0.4) is 0 Å². The van der Waals surface area contributed by atoms with Crippen LogP contribution in [0.2, 0.25) is 0 Å². The number of nitrogens with two attached hydrogens (primary N) is 1. The van der Waals surface area contributed by atoms with Crippen LogP contribution in [0.4, 0.5) is 5.69 Å². The number of halogens is 1. The topological polar surface area (TPSA) is 86.9 Å². The normalized spacial score (nSPS) is 28.9. The number of anilines is 1. The standard InChI is InChI=1S/C20H26N4O3.ClH/c1-13-9-14(10-21)11-22(13)18(26)12-23-19(27)15-5-3-4-6-16(15)24-17(25)7-8-20(23,24)2;/h3-6,13-14H,7-12,21H2,1-2H3;1H. The van der Waals surface area contributed by atoms with Crippen molar-refractivity contribution in [2.24, 2.45) is 11.7 Å². The van der Waals surface area contributed by atoms with Crippen molar-refractivity contribution in [2.75, 3.05) is 24.5 Å². The highest BCUT2D eigenvalue weighted by atomic mass is 35.5. The number of fused-ring (bicyclic) bond motifs is 3. The van der Waals surface area contributed by atoms with Gasteiger partial charge in [-0.3, -0.25) is 19.3 Å². The second kappa shape index (κ2) is 7.37. The average molecular weight is 407 g/mol. The van der Waals surface area contributed by atoms with E-state index < -0.39 is 5.66 Å². The lowest BCUT2D eigenvalue weighted by atomic mass is 9.98. The van der Waals surface area contributed by atoms with E-state index in [1.54, 1.807) is 21.9 Å². The largest absolute Gasteiger partial charge is 0.338 e. The molecule has 0 spiro atoms. The number of carbonyl (C=O) groups excluding carboxylic acids is 3. The van der Waals surface area contributed by atoms with Crippen molar-refractivity contribution in [2.45, 2.75) is 44.8 Å². The van der Waals surface area contributed by atoms with E-state index in [0.717, 1.165) is 6.42 Å². The minimum atomic E-state index is -0.797. The number of amides is 3. The molecule has 8 heteroatoms. The molecule has 0 radical (unpaired) electrons. The third-order valence-electron chi connectivity index (χ3n) is 6.35. The monoisotopic (exact) mass is 406 g/mol. The Hall–Kier alpha value is -2.12. The summed E-state index contributed by atoms with van der Waals surface area (Å²) in [6.45, 7) is 5.08. The quantitative estimate of drug-likeness (QED) is 0.826. The van der Waals surface area contributed by atoms with Gasteiger partial charge in [0.25, 0.3) is 5.91 Å². The molecule has 0 aromatic heterocycles. The zero-order chi connectivity index (χ0) is 19.3. The predicted octanol–water partition coefficient (Wildman–Crippen LogP) is 1.60. The summed E-state index contributed by atoms with van der Waals surface area (Å²) in [6.07, 6.45) is 1.79. The summed E-state index contributed by atoms with van der Waals surface area (Å²) in [4.78, 5) is 44.0. The zero-order valence-electron chi connectivity index (χ0n) is 16.3. The van der Waals surface area contributed by atoms with Crippen molar-refractivity contribution in [1.29, 1.82) is 0 Å². The molecule has 3 unspecified atom stereocenters. The van der Waals surface area contributed by atoms with E-state index in [9.17, 15) is 14.4 Å². The number of rotatable bonds is 3. The van der Waals surface area contributed by atoms with Crippen LogP contribution in [-0.2, 0) is 9.59 Å². The molecule has 3 aliphatic rings. The Kier molecular flexibility index (Phi) is 5.42. The summed E-state index contributed by atoms with van der Waals surface area (Å²) in [7, 11) is 0. The molecule has 4 rings (SSSR count). The molecule has 3 atom stereocenters. The molecule has 3 heterocycles. The molecule has 0 aliphatic carbocycles. The molecule has 1 aromatic rings. The minimum absolute atomic E-state index is 0. The summed E-state index contributed by atoms with van der Waals surface area (Å²) >= 11 is 0. The van der Waals surface area contributed by atoms with Crippen molar-refractivity contribution in [3.63, 3.8) is 0 Å². The van der Waals surface area contributed by atoms with Gasteiger partial charge in [0.05, 0.1) is 11.3 Å². The second-order valence-electron chi connectivity index (χ2n) is 8.09. The molecule has 7 nitrogen and oxygen atoms in total. The molecule has 0 bridgehead atoms. The van der Waals surface area contributed by atoms with E-state index in [1.807, 2.05) is 30.9 Å². The van der Waals surface area contributed by atoms with Crippen LogP contribution >= 0.6 is 12.4 Å². The Morgan fingerprint density at radius 3 is 2.68 bits per heavy atom. The molecule has 0 saturated carbocycles. The number of nitrogens with zero attached hydrogens (tertiary/aromatic N) is 3. The molecule has 3 aliphatic heterocycles. The zero-order valence-corrected chi connectivity index (χ0v) is 17.1. The van der Waals surface area contributed by atoms with E-state index in [4.69, 9.17) is 5.73 Å². The van der Waals surface area contributed by atoms with Crippen molar-refractivity contribution >= 4 is 35.8 Å². The maximum atomic E-state index is 13.2. The van der Waals surface area contributed by atoms with Gasteiger partial charge in [-0.2, -0.15) is 0 Å². The molecule has 1 aromatic carbocycles. The van der Waals surface area contributed by atoms with E-state index >= 15 is 0 Å². The van der Waals surface area contributed by atoms with Gasteiger partial charge in [-0.05, 0) is 51.3 Å². The third-order valence-corrected chi connectivity index (χ3v) is 6.35. The first-order valence-electron chi connectivity index (χ1n) is 9.60. The molecule has 3 amide bonds. The average Bonchev–Trinajstić information content (AvgIpc) is 3.18. The van der Waals surface area contributed by atoms with Crippen LogP contribution in [0.15, 0.2) is 24.3 Å². The van der Waals surface area contributed by atoms with Gasteiger partial charge in [-0.15, -0.1) is 12.4 Å². The Labute approximate surface area is 171 Å². The second-order valence-corrected chi connectivity index (χ2v) is 8.09. The number of carbonyl (C=O) groups is 3. The maximum absolute atomic E-state index is 13.2. The van der Waals surface area contributed by atoms with Crippen LogP contribution in [-0.4, -0.2) is 58.9 Å². The highest BCUT2D eigenvalue weighted by Gasteiger charge is 2.53. The Morgan fingerprint density at radius 1 is 1.29 bits per heavy atom. The number of para-hydroxylation sites is 1. The fourth-order valence-electron chi connectivity index (χ4n) is 4.83. The summed E-state index contributed by atoms with van der Waals surface area (Å²) in [5.41, 5.74) is 6.11. The Balaban J connectivity index is 0.00000225. The smallest absolute Gasteiger partial charge is 0.258 e. The molecular formula is C20H27ClN4O3. The van der Waals surface area contributed by atoms with Crippen LogP contribution in [0, 0.1) is 5.92 Å². The van der Waals surface area contributed by atoms with E-state index in [1.165, 1.54) is 0 Å². The van der Waals surface area contributed by atoms with Gasteiger partial charge in [0, 0.05) is 19.0 Å². The molecule has 152 valence electrons. The van der Waals surface area contributed by atoms with Gasteiger partial charge in [0.1, 0.15) is 12.2 Å². The van der Waals surface area contributed by atoms with Crippen molar-refractivity contribution in [3.05, 3.63) is 29.8 Å². The summed E-state index contributed by atoms with van der Waals surface area (Å²) in [5.74, 6) is 0.0378. The summed E-state index contributed by atoms with van der Waals surface area (Å²) < 4.78 is 0.